The Labute approximate surface area is 226 Å². The number of rotatable bonds is 8. The van der Waals surface area contributed by atoms with Crippen LogP contribution < -0.4 is 14.8 Å². The number of nitrogens with one attached hydrogen (secondary N) is 1. The molecule has 0 bridgehead atoms. The number of benzene rings is 1. The number of hydrogen-bond acceptors (Lipinski definition) is 6. The minimum atomic E-state index is -4.52. The molecule has 1 aromatic heterocycles. The summed E-state index contributed by atoms with van der Waals surface area (Å²) in [5.74, 6) is 1.15. The number of hydrogen-bond donors (Lipinski definition) is 1. The van der Waals surface area contributed by atoms with Crippen molar-refractivity contribution in [3.8, 4) is 11.5 Å². The van der Waals surface area contributed by atoms with E-state index in [-0.39, 0.29) is 18.8 Å². The maximum absolute atomic E-state index is 14.1. The minimum Gasteiger partial charge on any atom is -0.493 e. The Morgan fingerprint density at radius 2 is 1.95 bits per heavy atom. The molecular weight excluding hydrogens is 513 g/mol. The van der Waals surface area contributed by atoms with Gasteiger partial charge in [0, 0.05) is 12.5 Å². The number of anilines is 1. The van der Waals surface area contributed by atoms with E-state index in [1.165, 1.54) is 19.1 Å². The Morgan fingerprint density at radius 3 is 2.54 bits per heavy atom. The molecule has 39 heavy (non-hydrogen) atoms. The van der Waals surface area contributed by atoms with Crippen LogP contribution in [0.5, 0.6) is 11.5 Å². The lowest BCUT2D eigenvalue weighted by atomic mass is 9.96. The maximum atomic E-state index is 14.1. The zero-order valence-corrected chi connectivity index (χ0v) is 23.0. The lowest BCUT2D eigenvalue weighted by molar-refractivity contribution is -0.173. The predicted molar refractivity (Wildman–Crippen MR) is 143 cm³/mol. The van der Waals surface area contributed by atoms with Crippen LogP contribution in [0.1, 0.15) is 57.5 Å². The molecule has 11 heteroatoms. The maximum Gasteiger partial charge on any atom is 0.411 e. The van der Waals surface area contributed by atoms with Crippen LogP contribution in [0, 0.1) is 0 Å². The lowest BCUT2D eigenvalue weighted by Crippen LogP contribution is -2.41. The van der Waals surface area contributed by atoms with Gasteiger partial charge in [0.15, 0.2) is 17.5 Å². The summed E-state index contributed by atoms with van der Waals surface area (Å²) in [6.45, 7) is 10.8. The Kier molecular flexibility index (Phi) is 9.07. The third-order valence-electron chi connectivity index (χ3n) is 6.12. The third kappa shape index (κ3) is 7.38. The fourth-order valence-electron chi connectivity index (χ4n) is 4.19. The molecule has 8 nitrogen and oxygen atoms in total. The van der Waals surface area contributed by atoms with Gasteiger partial charge in [0.25, 0.3) is 0 Å². The SMILES string of the molecule is C=C=CCN(C(=O)OC(C)(C)C)C(C)/C=C/c1cc2n(n1)C(C(F)(F)F)CC(c1ccc(OC)c(OC)c1)N2. The summed E-state index contributed by atoms with van der Waals surface area (Å²) in [6.07, 6.45) is -0.443. The van der Waals surface area contributed by atoms with Crippen molar-refractivity contribution in [1.29, 1.82) is 0 Å². The van der Waals surface area contributed by atoms with Crippen LogP contribution >= 0.6 is 0 Å². The lowest BCUT2D eigenvalue weighted by Gasteiger charge is -2.33. The zero-order valence-electron chi connectivity index (χ0n) is 23.0. The number of aromatic nitrogens is 2. The first-order chi connectivity index (χ1) is 18.3. The van der Waals surface area contributed by atoms with E-state index >= 15 is 0 Å². The number of halogens is 3. The van der Waals surface area contributed by atoms with Gasteiger partial charge >= 0.3 is 12.3 Å². The molecule has 0 saturated carbocycles. The topological polar surface area (TPSA) is 77.9 Å². The van der Waals surface area contributed by atoms with Gasteiger partial charge in [0.05, 0.1) is 38.5 Å². The fraction of sp³-hybridized carbons (Fsp3) is 0.464. The molecule has 0 aliphatic carbocycles. The Morgan fingerprint density at radius 1 is 1.26 bits per heavy atom. The highest BCUT2D eigenvalue weighted by Crippen LogP contribution is 2.44. The van der Waals surface area contributed by atoms with Gasteiger partial charge in [0.1, 0.15) is 11.4 Å². The van der Waals surface area contributed by atoms with E-state index in [0.29, 0.717) is 22.8 Å². The van der Waals surface area contributed by atoms with Gasteiger partial charge in [-0.2, -0.15) is 18.3 Å². The van der Waals surface area contributed by atoms with E-state index in [1.54, 1.807) is 70.2 Å². The molecular formula is C28H35F3N4O4. The average Bonchev–Trinajstić information content (AvgIpc) is 3.27. The van der Waals surface area contributed by atoms with Crippen LogP contribution in [0.4, 0.5) is 23.8 Å². The smallest absolute Gasteiger partial charge is 0.411 e. The van der Waals surface area contributed by atoms with Gasteiger partial charge in [-0.1, -0.05) is 18.7 Å². The first-order valence-electron chi connectivity index (χ1n) is 12.4. The van der Waals surface area contributed by atoms with Crippen LogP contribution in [0.25, 0.3) is 6.08 Å². The molecule has 3 rings (SSSR count). The normalized spacial score (nSPS) is 18.0. The summed E-state index contributed by atoms with van der Waals surface area (Å²) >= 11 is 0. The van der Waals surface area contributed by atoms with E-state index in [1.807, 2.05) is 0 Å². The summed E-state index contributed by atoms with van der Waals surface area (Å²) in [6, 6.07) is 3.68. The number of alkyl halides is 3. The number of methoxy groups -OCH3 is 2. The number of carbonyl (C=O) groups is 1. The Bertz CT molecular complexity index is 1240. The average molecular weight is 549 g/mol. The van der Waals surface area contributed by atoms with Crippen molar-refractivity contribution in [3.05, 3.63) is 60.0 Å². The van der Waals surface area contributed by atoms with E-state index < -0.39 is 36.0 Å². The predicted octanol–water partition coefficient (Wildman–Crippen LogP) is 6.54. The molecule has 2 aromatic rings. The van der Waals surface area contributed by atoms with E-state index in [4.69, 9.17) is 14.2 Å². The quantitative estimate of drug-likeness (QED) is 0.378. The second-order valence-electron chi connectivity index (χ2n) is 10.1. The first-order valence-corrected chi connectivity index (χ1v) is 12.4. The summed E-state index contributed by atoms with van der Waals surface area (Å²) in [4.78, 5) is 14.2. The number of amides is 1. The molecule has 0 fully saturated rings. The number of carbonyl (C=O) groups excluding carboxylic acids is 1. The zero-order chi connectivity index (χ0) is 29.0. The van der Waals surface area contributed by atoms with Gasteiger partial charge in [0.2, 0.25) is 0 Å². The van der Waals surface area contributed by atoms with Crippen molar-refractivity contribution in [2.75, 3.05) is 26.1 Å². The third-order valence-corrected chi connectivity index (χ3v) is 6.12. The monoisotopic (exact) mass is 548 g/mol. The van der Waals surface area contributed by atoms with Crippen LogP contribution in [-0.2, 0) is 4.74 Å². The largest absolute Gasteiger partial charge is 0.493 e. The molecule has 0 radical (unpaired) electrons. The molecule has 1 aliphatic heterocycles. The highest BCUT2D eigenvalue weighted by Gasteiger charge is 2.46. The van der Waals surface area contributed by atoms with Crippen LogP contribution in [-0.4, -0.2) is 59.4 Å². The number of ether oxygens (including phenoxy) is 3. The highest BCUT2D eigenvalue weighted by atomic mass is 19.4. The molecule has 3 atom stereocenters. The number of fused-ring (bicyclic) bond motifs is 1. The van der Waals surface area contributed by atoms with E-state index in [0.717, 1.165) is 4.68 Å². The van der Waals surface area contributed by atoms with E-state index in [2.05, 4.69) is 22.7 Å². The van der Waals surface area contributed by atoms with Crippen molar-refractivity contribution in [2.45, 2.75) is 64.0 Å². The molecule has 1 aromatic carbocycles. The molecule has 1 aliphatic rings. The Balaban J connectivity index is 1.89. The second-order valence-corrected chi connectivity index (χ2v) is 10.1. The van der Waals surface area contributed by atoms with Crippen molar-refractivity contribution in [3.63, 3.8) is 0 Å². The highest BCUT2D eigenvalue weighted by molar-refractivity contribution is 5.69. The Hall–Kier alpha value is -3.85. The van der Waals surface area contributed by atoms with Crippen molar-refractivity contribution in [1.82, 2.24) is 14.7 Å². The van der Waals surface area contributed by atoms with E-state index in [9.17, 15) is 18.0 Å². The molecule has 3 unspecified atom stereocenters. The van der Waals surface area contributed by atoms with Gasteiger partial charge in [-0.25, -0.2) is 9.48 Å². The van der Waals surface area contributed by atoms with Gasteiger partial charge in [-0.05, 0) is 57.5 Å². The molecule has 1 amide bonds. The van der Waals surface area contributed by atoms with Crippen LogP contribution in [0.3, 0.4) is 0 Å². The molecule has 1 N–H and O–H groups in total. The summed E-state index contributed by atoms with van der Waals surface area (Å²) in [7, 11) is 2.97. The molecule has 0 saturated heterocycles. The van der Waals surface area contributed by atoms with Crippen molar-refractivity contribution < 1.29 is 32.2 Å². The summed E-state index contributed by atoms with van der Waals surface area (Å²) in [5.41, 5.74) is 2.88. The number of nitrogens with zero attached hydrogens (tertiary/aromatic N) is 3. The summed E-state index contributed by atoms with van der Waals surface area (Å²) in [5, 5.41) is 7.40. The van der Waals surface area contributed by atoms with Crippen molar-refractivity contribution >= 4 is 18.0 Å². The second kappa shape index (κ2) is 11.9. The molecule has 0 spiro atoms. The van der Waals surface area contributed by atoms with Crippen molar-refractivity contribution in [2.24, 2.45) is 0 Å². The summed E-state index contributed by atoms with van der Waals surface area (Å²) < 4.78 is 59.4. The van der Waals surface area contributed by atoms with Gasteiger partial charge in [-0.3, -0.25) is 4.90 Å². The fourth-order valence-corrected chi connectivity index (χ4v) is 4.19. The first kappa shape index (κ1) is 29.7. The van der Waals surface area contributed by atoms with Crippen LogP contribution in [0.2, 0.25) is 0 Å². The van der Waals surface area contributed by atoms with Gasteiger partial charge in [-0.15, -0.1) is 5.73 Å². The molecule has 212 valence electrons. The van der Waals surface area contributed by atoms with Gasteiger partial charge < -0.3 is 19.5 Å². The van der Waals surface area contributed by atoms with Crippen LogP contribution in [0.15, 0.2) is 48.7 Å². The molecule has 2 heterocycles. The minimum absolute atomic E-state index is 0.203. The standard InChI is InChI=1S/C28H35F3N4O4/c1-8-9-14-34(26(36)39-27(3,4)5)18(2)10-12-20-16-25-32-21(17-24(28(29,30)31)35(25)33-20)19-11-13-22(37-6)23(15-19)38-7/h9-13,15-16,18,21,24,32H,1,14,17H2,2-7H3/b12-10+.